The molecule has 1 unspecified atom stereocenters. The van der Waals surface area contributed by atoms with Crippen molar-refractivity contribution in [3.63, 3.8) is 0 Å². The van der Waals surface area contributed by atoms with E-state index >= 15 is 0 Å². The monoisotopic (exact) mass is 256 g/mol. The third-order valence-electron chi connectivity index (χ3n) is 2.78. The van der Waals surface area contributed by atoms with Crippen LogP contribution >= 0.6 is 0 Å². The van der Waals surface area contributed by atoms with E-state index in [2.05, 4.69) is 6.58 Å². The summed E-state index contributed by atoms with van der Waals surface area (Å²) in [4.78, 5) is 21.8. The van der Waals surface area contributed by atoms with Crippen LogP contribution in [-0.2, 0) is 14.3 Å². The Morgan fingerprint density at radius 1 is 1.28 bits per heavy atom. The summed E-state index contributed by atoms with van der Waals surface area (Å²) in [5, 5.41) is 8.58. The Balaban J connectivity index is 3.63. The highest BCUT2D eigenvalue weighted by Crippen LogP contribution is 2.16. The van der Waals surface area contributed by atoms with Crippen molar-refractivity contribution < 1.29 is 19.4 Å². The number of carboxylic acid groups (broad SMARTS) is 1. The number of hydrogen-bond acceptors (Lipinski definition) is 3. The number of rotatable bonds is 11. The van der Waals surface area contributed by atoms with Gasteiger partial charge in [-0.05, 0) is 31.6 Å². The molecule has 0 radical (unpaired) electrons. The molecule has 4 nitrogen and oxygen atoms in total. The second-order valence-electron chi connectivity index (χ2n) is 4.39. The van der Waals surface area contributed by atoms with E-state index in [1.165, 1.54) is 0 Å². The molecule has 0 aliphatic heterocycles. The topological polar surface area (TPSA) is 63.6 Å². The largest absolute Gasteiger partial charge is 0.481 e. The van der Waals surface area contributed by atoms with Crippen LogP contribution in [0.4, 0.5) is 0 Å². The van der Waals surface area contributed by atoms with Crippen LogP contribution in [0.5, 0.6) is 0 Å². The Morgan fingerprint density at radius 3 is 2.56 bits per heavy atom. The van der Waals surface area contributed by atoms with E-state index in [1.54, 1.807) is 6.08 Å². The zero-order valence-corrected chi connectivity index (χ0v) is 11.2. The summed E-state index contributed by atoms with van der Waals surface area (Å²) in [5.41, 5.74) is 0. The highest BCUT2D eigenvalue weighted by atomic mass is 16.5. The molecular formula is C14H24O4. The van der Waals surface area contributed by atoms with Gasteiger partial charge in [0, 0.05) is 12.8 Å². The lowest BCUT2D eigenvalue weighted by atomic mass is 9.97. The lowest BCUT2D eigenvalue weighted by Crippen LogP contribution is -2.07. The zero-order valence-electron chi connectivity index (χ0n) is 11.2. The summed E-state index contributed by atoms with van der Waals surface area (Å²) in [6, 6.07) is 0. The van der Waals surface area contributed by atoms with Crippen LogP contribution in [0.2, 0.25) is 0 Å². The van der Waals surface area contributed by atoms with Gasteiger partial charge in [0.15, 0.2) is 0 Å². The first-order chi connectivity index (χ1) is 8.60. The number of ether oxygens (including phenoxy) is 1. The zero-order chi connectivity index (χ0) is 13.8. The third-order valence-corrected chi connectivity index (χ3v) is 2.78. The van der Waals surface area contributed by atoms with E-state index in [0.29, 0.717) is 19.4 Å². The van der Waals surface area contributed by atoms with Gasteiger partial charge >= 0.3 is 11.9 Å². The van der Waals surface area contributed by atoms with Crippen LogP contribution in [0.1, 0.15) is 51.9 Å². The molecule has 0 saturated heterocycles. The number of allylic oxidation sites excluding steroid dienone is 1. The van der Waals surface area contributed by atoms with Crippen molar-refractivity contribution in [1.29, 1.82) is 0 Å². The van der Waals surface area contributed by atoms with E-state index in [-0.39, 0.29) is 18.3 Å². The maximum absolute atomic E-state index is 11.3. The van der Waals surface area contributed by atoms with E-state index in [1.807, 2.05) is 6.92 Å². The van der Waals surface area contributed by atoms with Crippen molar-refractivity contribution in [2.24, 2.45) is 5.92 Å². The quantitative estimate of drug-likeness (QED) is 0.350. The number of aliphatic carboxylic acids is 1. The van der Waals surface area contributed by atoms with E-state index in [4.69, 9.17) is 9.84 Å². The average Bonchev–Trinajstić information content (AvgIpc) is 2.33. The molecule has 0 spiro atoms. The van der Waals surface area contributed by atoms with E-state index in [0.717, 1.165) is 25.7 Å². The highest BCUT2D eigenvalue weighted by molar-refractivity contribution is 5.69. The fourth-order valence-electron chi connectivity index (χ4n) is 1.60. The molecule has 0 aromatic carbocycles. The summed E-state index contributed by atoms with van der Waals surface area (Å²) in [5.74, 6) is -0.783. The number of carbonyl (C=O) groups is 2. The van der Waals surface area contributed by atoms with Crippen LogP contribution in [0, 0.1) is 5.92 Å². The summed E-state index contributed by atoms with van der Waals surface area (Å²) in [7, 11) is 0. The molecule has 0 saturated carbocycles. The molecule has 1 N–H and O–H groups in total. The fraction of sp³-hybridized carbons (Fsp3) is 0.714. The van der Waals surface area contributed by atoms with Gasteiger partial charge in [-0.2, -0.15) is 0 Å². The molecule has 0 fully saturated rings. The van der Waals surface area contributed by atoms with Crippen molar-refractivity contribution in [2.75, 3.05) is 6.61 Å². The van der Waals surface area contributed by atoms with Crippen LogP contribution in [0.3, 0.4) is 0 Å². The molecule has 0 aliphatic carbocycles. The van der Waals surface area contributed by atoms with Crippen LogP contribution in [0.25, 0.3) is 0 Å². The number of carboxylic acids is 1. The van der Waals surface area contributed by atoms with Gasteiger partial charge in [0.05, 0.1) is 6.61 Å². The Bertz CT molecular complexity index is 261. The van der Waals surface area contributed by atoms with Crippen molar-refractivity contribution in [3.05, 3.63) is 12.7 Å². The molecule has 0 heterocycles. The molecule has 104 valence electrons. The Morgan fingerprint density at radius 2 is 2.00 bits per heavy atom. The minimum absolute atomic E-state index is 0.150. The first-order valence-corrected chi connectivity index (χ1v) is 6.60. The van der Waals surface area contributed by atoms with Gasteiger partial charge in [0.1, 0.15) is 0 Å². The Hall–Kier alpha value is -1.32. The van der Waals surface area contributed by atoms with Gasteiger partial charge in [-0.15, -0.1) is 6.58 Å². The number of hydrogen-bond donors (Lipinski definition) is 1. The number of carbonyl (C=O) groups excluding carboxylic acids is 1. The molecule has 4 heteroatoms. The Labute approximate surface area is 109 Å². The second-order valence-corrected chi connectivity index (χ2v) is 4.39. The van der Waals surface area contributed by atoms with Crippen molar-refractivity contribution in [1.82, 2.24) is 0 Å². The normalized spacial score (nSPS) is 11.8. The molecule has 0 aliphatic rings. The minimum atomic E-state index is -0.791. The summed E-state index contributed by atoms with van der Waals surface area (Å²) in [6.45, 7) is 6.23. The van der Waals surface area contributed by atoms with Crippen molar-refractivity contribution >= 4 is 11.9 Å². The molecular weight excluding hydrogens is 232 g/mol. The van der Waals surface area contributed by atoms with Crippen LogP contribution in [0.15, 0.2) is 12.7 Å². The number of esters is 1. The predicted molar refractivity (Wildman–Crippen MR) is 70.3 cm³/mol. The van der Waals surface area contributed by atoms with E-state index < -0.39 is 5.97 Å². The lowest BCUT2D eigenvalue weighted by molar-refractivity contribution is -0.144. The molecule has 0 rings (SSSR count). The van der Waals surface area contributed by atoms with Gasteiger partial charge in [0.25, 0.3) is 0 Å². The molecule has 0 bridgehead atoms. The molecule has 0 amide bonds. The Kier molecular flexibility index (Phi) is 10.0. The molecule has 0 aromatic rings. The van der Waals surface area contributed by atoms with E-state index in [9.17, 15) is 9.59 Å². The first-order valence-electron chi connectivity index (χ1n) is 6.60. The number of unbranched alkanes of at least 4 members (excludes halogenated alkanes) is 1. The molecule has 1 atom stereocenters. The smallest absolute Gasteiger partial charge is 0.305 e. The van der Waals surface area contributed by atoms with Gasteiger partial charge < -0.3 is 9.84 Å². The predicted octanol–water partition coefficient (Wildman–Crippen LogP) is 3.17. The second kappa shape index (κ2) is 10.8. The highest BCUT2D eigenvalue weighted by Gasteiger charge is 2.09. The molecule has 0 aromatic heterocycles. The third kappa shape index (κ3) is 9.87. The first kappa shape index (κ1) is 16.7. The maximum Gasteiger partial charge on any atom is 0.305 e. The SMILES string of the molecule is C=CC(CCCC(=O)OCCCC)CCC(=O)O. The van der Waals surface area contributed by atoms with Crippen molar-refractivity contribution in [3.8, 4) is 0 Å². The van der Waals surface area contributed by atoms with Crippen LogP contribution in [-0.4, -0.2) is 23.7 Å². The lowest BCUT2D eigenvalue weighted by Gasteiger charge is -2.10. The summed E-state index contributed by atoms with van der Waals surface area (Å²) >= 11 is 0. The van der Waals surface area contributed by atoms with Crippen LogP contribution < -0.4 is 0 Å². The minimum Gasteiger partial charge on any atom is -0.481 e. The maximum atomic E-state index is 11.3. The van der Waals surface area contributed by atoms with Gasteiger partial charge in [-0.3, -0.25) is 9.59 Å². The van der Waals surface area contributed by atoms with Gasteiger partial charge in [0.2, 0.25) is 0 Å². The van der Waals surface area contributed by atoms with Gasteiger partial charge in [-0.1, -0.05) is 19.4 Å². The fourth-order valence-corrected chi connectivity index (χ4v) is 1.60. The average molecular weight is 256 g/mol. The molecule has 18 heavy (non-hydrogen) atoms. The summed E-state index contributed by atoms with van der Waals surface area (Å²) < 4.78 is 5.04. The van der Waals surface area contributed by atoms with Crippen molar-refractivity contribution in [2.45, 2.75) is 51.9 Å². The van der Waals surface area contributed by atoms with Gasteiger partial charge in [-0.25, -0.2) is 0 Å². The standard InChI is InChI=1S/C14H24O4/c1-3-5-11-18-14(17)8-6-7-12(4-2)9-10-13(15)16/h4,12H,2-3,5-11H2,1H3,(H,15,16). The summed E-state index contributed by atoms with van der Waals surface area (Å²) in [6.07, 6.45) is 6.34.